The maximum atomic E-state index is 12.6. The number of benzene rings is 2. The lowest BCUT2D eigenvalue weighted by atomic mass is 10.2. The quantitative estimate of drug-likeness (QED) is 0.435. The van der Waals surface area contributed by atoms with Gasteiger partial charge in [0.15, 0.2) is 10.9 Å². The normalized spacial score (nSPS) is 12.4. The summed E-state index contributed by atoms with van der Waals surface area (Å²) in [5.41, 5.74) is 2.13. The van der Waals surface area contributed by atoms with Crippen LogP contribution in [0.4, 0.5) is 16.6 Å². The van der Waals surface area contributed by atoms with Crippen molar-refractivity contribution < 1.29 is 9.53 Å². The van der Waals surface area contributed by atoms with Gasteiger partial charge in [0, 0.05) is 22.2 Å². The fraction of sp³-hybridized carbons (Fsp3) is 0.0455. The Morgan fingerprint density at radius 2 is 1.97 bits per heavy atom. The molecule has 0 atom stereocenters. The van der Waals surface area contributed by atoms with E-state index in [1.807, 2.05) is 47.4 Å². The Kier molecular flexibility index (Phi) is 4.82. The predicted octanol–water partition coefficient (Wildman–Crippen LogP) is 5.89. The lowest BCUT2D eigenvalue weighted by molar-refractivity contribution is 0.102. The van der Waals surface area contributed by atoms with Crippen LogP contribution >= 0.6 is 22.9 Å². The summed E-state index contributed by atoms with van der Waals surface area (Å²) in [6, 6.07) is 18.7. The van der Waals surface area contributed by atoms with E-state index in [0.29, 0.717) is 34.0 Å². The summed E-state index contributed by atoms with van der Waals surface area (Å²) in [5, 5.41) is 5.76. The monoisotopic (exact) mass is 434 g/mol. The van der Waals surface area contributed by atoms with Gasteiger partial charge in [0.2, 0.25) is 0 Å². The van der Waals surface area contributed by atoms with Gasteiger partial charge in [-0.1, -0.05) is 35.9 Å². The van der Waals surface area contributed by atoms with Crippen LogP contribution in [0.5, 0.6) is 11.5 Å². The summed E-state index contributed by atoms with van der Waals surface area (Å²) < 4.78 is 6.13. The van der Waals surface area contributed by atoms with Crippen LogP contribution in [0.3, 0.4) is 0 Å². The third-order valence-electron chi connectivity index (χ3n) is 4.59. The molecule has 6 nitrogen and oxygen atoms in total. The molecule has 1 N–H and O–H groups in total. The second-order valence-electron chi connectivity index (χ2n) is 6.59. The van der Waals surface area contributed by atoms with Crippen molar-refractivity contribution in [3.8, 4) is 11.5 Å². The maximum absolute atomic E-state index is 12.6. The number of hydrogen-bond donors (Lipinski definition) is 1. The van der Waals surface area contributed by atoms with Gasteiger partial charge in [-0.25, -0.2) is 9.97 Å². The third-order valence-corrected chi connectivity index (χ3v) is 5.69. The lowest BCUT2D eigenvalue weighted by Gasteiger charge is -2.21. The average molecular weight is 435 g/mol. The molecular formula is C22H15ClN4O2S. The van der Waals surface area contributed by atoms with Crippen LogP contribution in [0.1, 0.15) is 16.1 Å². The highest BCUT2D eigenvalue weighted by molar-refractivity contribution is 7.14. The molecule has 0 aliphatic carbocycles. The molecule has 1 aliphatic rings. The largest absolute Gasteiger partial charge is 0.455 e. The molecule has 0 fully saturated rings. The molecule has 0 unspecified atom stereocenters. The van der Waals surface area contributed by atoms with Gasteiger partial charge in [-0.2, -0.15) is 0 Å². The van der Waals surface area contributed by atoms with Crippen molar-refractivity contribution in [1.82, 2.24) is 9.97 Å². The summed E-state index contributed by atoms with van der Waals surface area (Å²) in [6.45, 7) is 0.540. The first kappa shape index (κ1) is 18.6. The molecule has 30 heavy (non-hydrogen) atoms. The first-order chi connectivity index (χ1) is 14.7. The number of nitrogens with one attached hydrogen (secondary N) is 1. The molecule has 0 saturated carbocycles. The highest BCUT2D eigenvalue weighted by atomic mass is 35.5. The summed E-state index contributed by atoms with van der Waals surface area (Å²) in [7, 11) is 0. The Balaban J connectivity index is 1.50. The number of anilines is 3. The fourth-order valence-electron chi connectivity index (χ4n) is 3.18. The molecule has 2 aromatic carbocycles. The third kappa shape index (κ3) is 3.60. The minimum Gasteiger partial charge on any atom is -0.455 e. The van der Waals surface area contributed by atoms with Crippen molar-refractivity contribution in [1.29, 1.82) is 0 Å². The van der Waals surface area contributed by atoms with E-state index in [1.54, 1.807) is 29.8 Å². The van der Waals surface area contributed by atoms with Crippen molar-refractivity contribution in [2.24, 2.45) is 0 Å². The number of halogens is 1. The van der Waals surface area contributed by atoms with Crippen molar-refractivity contribution >= 4 is 45.5 Å². The molecule has 3 heterocycles. The van der Waals surface area contributed by atoms with Crippen LogP contribution in [0.25, 0.3) is 0 Å². The smallest absolute Gasteiger partial charge is 0.276 e. The Hall–Kier alpha value is -3.42. The maximum Gasteiger partial charge on any atom is 0.276 e. The number of aromatic nitrogens is 2. The number of rotatable bonds is 3. The summed E-state index contributed by atoms with van der Waals surface area (Å²) in [6.07, 6.45) is 1.62. The Labute approximate surface area is 181 Å². The van der Waals surface area contributed by atoms with E-state index >= 15 is 0 Å². The van der Waals surface area contributed by atoms with E-state index in [2.05, 4.69) is 15.3 Å². The summed E-state index contributed by atoms with van der Waals surface area (Å²) in [5.74, 6) is 1.63. The molecule has 0 bridgehead atoms. The molecule has 0 saturated heterocycles. The molecule has 1 amide bonds. The van der Waals surface area contributed by atoms with Gasteiger partial charge in [-0.15, -0.1) is 11.3 Å². The zero-order chi connectivity index (χ0) is 20.5. The highest BCUT2D eigenvalue weighted by Crippen LogP contribution is 2.44. The number of thiazole rings is 1. The van der Waals surface area contributed by atoms with Gasteiger partial charge < -0.3 is 15.0 Å². The molecule has 2 aromatic heterocycles. The number of carbonyl (C=O) groups is 1. The minimum absolute atomic E-state index is 0.311. The number of para-hydroxylation sites is 1. The Morgan fingerprint density at radius 1 is 1.10 bits per heavy atom. The number of hydrogen-bond acceptors (Lipinski definition) is 6. The van der Waals surface area contributed by atoms with Gasteiger partial charge >= 0.3 is 0 Å². The number of ether oxygens (including phenoxy) is 1. The molecule has 8 heteroatoms. The van der Waals surface area contributed by atoms with Gasteiger partial charge in [0.1, 0.15) is 17.3 Å². The topological polar surface area (TPSA) is 67.4 Å². The molecule has 1 aliphatic heterocycles. The average Bonchev–Trinajstić information content (AvgIpc) is 3.19. The van der Waals surface area contributed by atoms with Crippen molar-refractivity contribution in [2.75, 3.05) is 10.2 Å². The number of fused-ring (bicyclic) bond motifs is 2. The van der Waals surface area contributed by atoms with E-state index in [0.717, 1.165) is 17.0 Å². The van der Waals surface area contributed by atoms with Gasteiger partial charge in [-0.05, 0) is 36.4 Å². The van der Waals surface area contributed by atoms with E-state index in [9.17, 15) is 4.79 Å². The van der Waals surface area contributed by atoms with Crippen LogP contribution < -0.4 is 15.0 Å². The van der Waals surface area contributed by atoms with Gasteiger partial charge in [0.25, 0.3) is 5.91 Å². The lowest BCUT2D eigenvalue weighted by Crippen LogP contribution is -2.17. The summed E-state index contributed by atoms with van der Waals surface area (Å²) in [4.78, 5) is 23.3. The molecule has 148 valence electrons. The zero-order valence-electron chi connectivity index (χ0n) is 15.6. The second kappa shape index (κ2) is 7.78. The molecular weight excluding hydrogens is 420 g/mol. The fourth-order valence-corrected chi connectivity index (χ4v) is 4.16. The van der Waals surface area contributed by atoms with Crippen LogP contribution in [-0.4, -0.2) is 15.9 Å². The zero-order valence-corrected chi connectivity index (χ0v) is 17.2. The Morgan fingerprint density at radius 3 is 2.83 bits per heavy atom. The summed E-state index contributed by atoms with van der Waals surface area (Å²) >= 11 is 7.65. The van der Waals surface area contributed by atoms with E-state index < -0.39 is 0 Å². The van der Waals surface area contributed by atoms with Gasteiger partial charge in [-0.3, -0.25) is 4.79 Å². The number of pyridine rings is 1. The van der Waals surface area contributed by atoms with E-state index in [4.69, 9.17) is 16.3 Å². The van der Waals surface area contributed by atoms with Crippen molar-refractivity contribution in [3.63, 3.8) is 0 Å². The van der Waals surface area contributed by atoms with Crippen molar-refractivity contribution in [3.05, 3.63) is 88.5 Å². The number of carbonyl (C=O) groups excluding carboxylic acids is 1. The van der Waals surface area contributed by atoms with Crippen molar-refractivity contribution in [2.45, 2.75) is 6.54 Å². The molecule has 5 rings (SSSR count). The Bertz CT molecular complexity index is 1230. The highest BCUT2D eigenvalue weighted by Gasteiger charge is 2.25. The van der Waals surface area contributed by atoms with Crippen LogP contribution in [0.15, 0.2) is 72.2 Å². The SMILES string of the molecule is O=C(Nc1ccccn1)c1csc(N2Cc3ccccc3Oc3ccc(Cl)cc32)n1. The number of nitrogens with zero attached hydrogens (tertiary/aromatic N) is 3. The van der Waals surface area contributed by atoms with Gasteiger partial charge in [0.05, 0.1) is 12.2 Å². The standard InChI is InChI=1S/C22H15ClN4O2S/c23-15-8-9-19-17(11-15)27(12-14-5-1-2-6-18(14)29-19)22-25-16(13-30-22)21(28)26-20-7-3-4-10-24-20/h1-11,13H,12H2,(H,24,26,28). The first-order valence-electron chi connectivity index (χ1n) is 9.18. The number of amides is 1. The molecule has 4 aromatic rings. The van der Waals surface area contributed by atoms with Crippen LogP contribution in [-0.2, 0) is 6.54 Å². The molecule has 0 radical (unpaired) electrons. The van der Waals surface area contributed by atoms with Crippen LogP contribution in [0, 0.1) is 0 Å². The molecule has 0 spiro atoms. The van der Waals surface area contributed by atoms with E-state index in [1.165, 1.54) is 11.3 Å². The van der Waals surface area contributed by atoms with E-state index in [-0.39, 0.29) is 5.91 Å². The first-order valence-corrected chi connectivity index (χ1v) is 10.4. The van der Waals surface area contributed by atoms with Crippen LogP contribution in [0.2, 0.25) is 5.02 Å². The minimum atomic E-state index is -0.311. The second-order valence-corrected chi connectivity index (χ2v) is 7.87. The predicted molar refractivity (Wildman–Crippen MR) is 118 cm³/mol.